The van der Waals surface area contributed by atoms with E-state index in [1.165, 1.54) is 11.9 Å². The molecule has 3 atom stereocenters. The molecule has 1 aliphatic rings. The summed E-state index contributed by atoms with van der Waals surface area (Å²) in [7, 11) is 0. The average molecular weight is 361 g/mol. The molecule has 0 saturated heterocycles. The quantitative estimate of drug-likeness (QED) is 0.746. The maximum absolute atomic E-state index is 13.2. The van der Waals surface area contributed by atoms with Gasteiger partial charge in [-0.1, -0.05) is 49.4 Å². The molecule has 0 saturated carbocycles. The first-order valence-corrected chi connectivity index (χ1v) is 9.28. The van der Waals surface area contributed by atoms with Gasteiger partial charge in [-0.2, -0.15) is 10.1 Å². The van der Waals surface area contributed by atoms with E-state index in [1.54, 1.807) is 0 Å². The lowest BCUT2D eigenvalue weighted by Gasteiger charge is -2.37. The molecule has 3 aromatic rings. The summed E-state index contributed by atoms with van der Waals surface area (Å²) in [6.07, 6.45) is 2.51. The summed E-state index contributed by atoms with van der Waals surface area (Å²) in [6.45, 7) is 4.15. The Morgan fingerprint density at radius 1 is 1.15 bits per heavy atom. The number of amides is 1. The fourth-order valence-corrected chi connectivity index (χ4v) is 3.69. The molecule has 27 heavy (non-hydrogen) atoms. The van der Waals surface area contributed by atoms with Gasteiger partial charge in [-0.05, 0) is 36.6 Å². The summed E-state index contributed by atoms with van der Waals surface area (Å²) >= 11 is 0. The van der Waals surface area contributed by atoms with Gasteiger partial charge < -0.3 is 10.6 Å². The number of rotatable bonds is 4. The van der Waals surface area contributed by atoms with Gasteiger partial charge >= 0.3 is 0 Å². The van der Waals surface area contributed by atoms with Crippen LogP contribution in [0.2, 0.25) is 0 Å². The number of anilines is 2. The number of hydrogen-bond acceptors (Lipinski definition) is 4. The van der Waals surface area contributed by atoms with E-state index in [2.05, 4.69) is 51.9 Å². The summed E-state index contributed by atoms with van der Waals surface area (Å²) in [5.41, 5.74) is 3.12. The van der Waals surface area contributed by atoms with E-state index < -0.39 is 0 Å². The maximum atomic E-state index is 13.2. The van der Waals surface area contributed by atoms with Crippen LogP contribution in [0.25, 0.3) is 0 Å². The Kier molecular flexibility index (Phi) is 4.62. The third kappa shape index (κ3) is 3.30. The molecular weight excluding hydrogens is 338 g/mol. The van der Waals surface area contributed by atoms with Gasteiger partial charge in [-0.15, -0.1) is 0 Å². The molecule has 0 spiro atoms. The topological polar surface area (TPSA) is 71.8 Å². The van der Waals surface area contributed by atoms with Gasteiger partial charge in [0.1, 0.15) is 6.33 Å². The molecule has 0 fully saturated rings. The zero-order chi connectivity index (χ0) is 18.8. The Hall–Kier alpha value is -3.15. The number of carbonyl (C=O) groups excluding carboxylic acids is 1. The molecule has 1 aromatic heterocycles. The van der Waals surface area contributed by atoms with Crippen LogP contribution in [-0.2, 0) is 11.2 Å². The average Bonchev–Trinajstić information content (AvgIpc) is 3.15. The zero-order valence-electron chi connectivity index (χ0n) is 15.5. The lowest BCUT2D eigenvalue weighted by molar-refractivity contribution is -0.121. The number of aromatic nitrogens is 3. The highest BCUT2D eigenvalue weighted by atomic mass is 16.2. The minimum atomic E-state index is -0.327. The first kappa shape index (κ1) is 17.3. The van der Waals surface area contributed by atoms with E-state index in [-0.39, 0.29) is 23.9 Å². The standard InChI is InChI=1S/C21H23N5O/c1-3-15-9-11-16(12-10-15)19-18(14(2)24-21-22-13-23-26(19)21)20(27)25-17-7-5-4-6-8-17/h4-14,18-19H,3H2,1-2H3,(H,25,27)(H,22,23,24)/t14-,18-,19-/m0/s1. The smallest absolute Gasteiger partial charge is 0.232 e. The minimum absolute atomic E-state index is 0.0353. The molecule has 2 N–H and O–H groups in total. The third-order valence-electron chi connectivity index (χ3n) is 5.15. The Morgan fingerprint density at radius 3 is 2.59 bits per heavy atom. The number of nitrogens with zero attached hydrogens (tertiary/aromatic N) is 3. The van der Waals surface area contributed by atoms with Crippen LogP contribution in [0.5, 0.6) is 0 Å². The molecule has 2 heterocycles. The van der Waals surface area contributed by atoms with Gasteiger partial charge in [0, 0.05) is 11.7 Å². The van der Waals surface area contributed by atoms with Crippen LogP contribution in [-0.4, -0.2) is 26.7 Å². The first-order valence-electron chi connectivity index (χ1n) is 9.28. The molecule has 0 aliphatic carbocycles. The van der Waals surface area contributed by atoms with E-state index in [0.29, 0.717) is 5.95 Å². The van der Waals surface area contributed by atoms with E-state index >= 15 is 0 Å². The molecule has 138 valence electrons. The molecule has 1 amide bonds. The monoisotopic (exact) mass is 361 g/mol. The number of carbonyl (C=O) groups is 1. The highest BCUT2D eigenvalue weighted by molar-refractivity contribution is 5.94. The Balaban J connectivity index is 1.71. The van der Waals surface area contributed by atoms with Crippen molar-refractivity contribution in [3.8, 4) is 0 Å². The van der Waals surface area contributed by atoms with E-state index in [9.17, 15) is 4.79 Å². The predicted molar refractivity (Wildman–Crippen MR) is 106 cm³/mol. The van der Waals surface area contributed by atoms with Crippen LogP contribution in [0.3, 0.4) is 0 Å². The lowest BCUT2D eigenvalue weighted by Crippen LogP contribution is -2.46. The van der Waals surface area contributed by atoms with Crippen molar-refractivity contribution in [3.05, 3.63) is 72.1 Å². The van der Waals surface area contributed by atoms with Gasteiger partial charge in [0.2, 0.25) is 11.9 Å². The van der Waals surface area contributed by atoms with E-state index in [4.69, 9.17) is 0 Å². The molecule has 0 bridgehead atoms. The lowest BCUT2D eigenvalue weighted by atomic mass is 9.85. The van der Waals surface area contributed by atoms with Crippen LogP contribution in [0.1, 0.15) is 31.0 Å². The van der Waals surface area contributed by atoms with Crippen molar-refractivity contribution >= 4 is 17.5 Å². The number of para-hydroxylation sites is 1. The molecular formula is C21H23N5O. The van der Waals surface area contributed by atoms with Gasteiger partial charge in [-0.3, -0.25) is 4.79 Å². The molecule has 2 aromatic carbocycles. The van der Waals surface area contributed by atoms with Gasteiger partial charge in [0.15, 0.2) is 0 Å². The van der Waals surface area contributed by atoms with Gasteiger partial charge in [0.25, 0.3) is 0 Å². The largest absolute Gasteiger partial charge is 0.351 e. The number of benzene rings is 2. The molecule has 6 nitrogen and oxygen atoms in total. The van der Waals surface area contributed by atoms with E-state index in [0.717, 1.165) is 17.7 Å². The molecule has 0 radical (unpaired) electrons. The van der Waals surface area contributed by atoms with Crippen LogP contribution < -0.4 is 10.6 Å². The molecule has 0 unspecified atom stereocenters. The van der Waals surface area contributed by atoms with Crippen molar-refractivity contribution in [2.24, 2.45) is 5.92 Å². The molecule has 4 rings (SSSR count). The van der Waals surface area contributed by atoms with Gasteiger partial charge in [-0.25, -0.2) is 4.68 Å². The summed E-state index contributed by atoms with van der Waals surface area (Å²) in [5, 5.41) is 10.7. The molecule has 6 heteroatoms. The van der Waals surface area contributed by atoms with E-state index in [1.807, 2.05) is 41.9 Å². The van der Waals surface area contributed by atoms with Crippen LogP contribution in [0, 0.1) is 5.92 Å². The highest BCUT2D eigenvalue weighted by Crippen LogP contribution is 2.36. The first-order chi connectivity index (χ1) is 13.2. The number of aryl methyl sites for hydroxylation is 1. The fourth-order valence-electron chi connectivity index (χ4n) is 3.69. The van der Waals surface area contributed by atoms with Crippen molar-refractivity contribution in [1.82, 2.24) is 14.8 Å². The summed E-state index contributed by atoms with van der Waals surface area (Å²) in [4.78, 5) is 17.5. The van der Waals surface area contributed by atoms with Crippen molar-refractivity contribution in [2.75, 3.05) is 10.6 Å². The predicted octanol–water partition coefficient (Wildman–Crippen LogP) is 3.50. The van der Waals surface area contributed by atoms with Crippen molar-refractivity contribution in [1.29, 1.82) is 0 Å². The van der Waals surface area contributed by atoms with Crippen molar-refractivity contribution in [2.45, 2.75) is 32.4 Å². The van der Waals surface area contributed by atoms with Crippen LogP contribution >= 0.6 is 0 Å². The van der Waals surface area contributed by atoms with Gasteiger partial charge in [0.05, 0.1) is 12.0 Å². The Bertz CT molecular complexity index is 919. The summed E-state index contributed by atoms with van der Waals surface area (Å²) in [6, 6.07) is 17.7. The molecule has 1 aliphatic heterocycles. The maximum Gasteiger partial charge on any atom is 0.232 e. The van der Waals surface area contributed by atoms with Crippen LogP contribution in [0.4, 0.5) is 11.6 Å². The SMILES string of the molecule is CCc1ccc([C@H]2[C@@H](C(=O)Nc3ccccc3)[C@H](C)Nc3ncnn32)cc1. The number of hydrogen-bond donors (Lipinski definition) is 2. The normalized spacial score (nSPS) is 21.2. The summed E-state index contributed by atoms with van der Waals surface area (Å²) in [5.74, 6) is 0.328. The third-order valence-corrected chi connectivity index (χ3v) is 5.15. The second-order valence-corrected chi connectivity index (χ2v) is 6.88. The fraction of sp³-hybridized carbons (Fsp3) is 0.286. The number of fused-ring (bicyclic) bond motifs is 1. The Labute approximate surface area is 158 Å². The Morgan fingerprint density at radius 2 is 1.89 bits per heavy atom. The van der Waals surface area contributed by atoms with Crippen molar-refractivity contribution < 1.29 is 4.79 Å². The van der Waals surface area contributed by atoms with Crippen molar-refractivity contribution in [3.63, 3.8) is 0 Å². The highest BCUT2D eigenvalue weighted by Gasteiger charge is 2.41. The second kappa shape index (κ2) is 7.23. The summed E-state index contributed by atoms with van der Waals surface area (Å²) < 4.78 is 1.82. The minimum Gasteiger partial charge on any atom is -0.351 e. The van der Waals surface area contributed by atoms with Crippen LogP contribution in [0.15, 0.2) is 60.9 Å². The zero-order valence-corrected chi connectivity index (χ0v) is 15.5. The second-order valence-electron chi connectivity index (χ2n) is 6.88. The number of nitrogens with one attached hydrogen (secondary N) is 2.